The highest BCUT2D eigenvalue weighted by Gasteiger charge is 2.48. The number of nitrogens with one attached hydrogen (secondary N) is 1. The van der Waals surface area contributed by atoms with Crippen molar-refractivity contribution in [3.05, 3.63) is 58.3 Å². The molecule has 4 rings (SSSR count). The fraction of sp³-hybridized carbons (Fsp3) is 0.381. The van der Waals surface area contributed by atoms with Crippen LogP contribution in [0.25, 0.3) is 0 Å². The molecule has 0 aliphatic carbocycles. The fourth-order valence-corrected chi connectivity index (χ4v) is 4.33. The third-order valence-corrected chi connectivity index (χ3v) is 6.09. The van der Waals surface area contributed by atoms with Gasteiger partial charge in [0, 0.05) is 31.3 Å². The zero-order valence-corrected chi connectivity index (χ0v) is 16.6. The SMILES string of the molecule is CC(CNC(=O)C1=NOC2(CCN(C(=O)c3ccsc3)C2)C1)c1ccccc1. The standard InChI is InChI=1S/C21H23N3O3S/c1-15(16-5-3-2-4-6-16)12-22-19(25)18-11-21(27-23-18)8-9-24(14-21)20(26)17-7-10-28-13-17/h2-7,10,13,15H,8-9,11-12,14H2,1H3,(H,22,25). The van der Waals surface area contributed by atoms with Crippen molar-refractivity contribution in [3.63, 3.8) is 0 Å². The number of benzene rings is 1. The van der Waals surface area contributed by atoms with Gasteiger partial charge >= 0.3 is 0 Å². The maximum atomic E-state index is 12.5. The molecule has 28 heavy (non-hydrogen) atoms. The third-order valence-electron chi connectivity index (χ3n) is 5.41. The van der Waals surface area contributed by atoms with Gasteiger partial charge in [-0.15, -0.1) is 0 Å². The summed E-state index contributed by atoms with van der Waals surface area (Å²) in [6.07, 6.45) is 1.12. The molecule has 1 fully saturated rings. The average molecular weight is 398 g/mol. The lowest BCUT2D eigenvalue weighted by Gasteiger charge is -2.21. The van der Waals surface area contributed by atoms with Crippen molar-refractivity contribution >= 4 is 28.9 Å². The maximum absolute atomic E-state index is 12.5. The van der Waals surface area contributed by atoms with Crippen LogP contribution in [0.5, 0.6) is 0 Å². The van der Waals surface area contributed by atoms with E-state index in [0.29, 0.717) is 43.8 Å². The van der Waals surface area contributed by atoms with Crippen molar-refractivity contribution < 1.29 is 14.4 Å². The largest absolute Gasteiger partial charge is 0.386 e. The molecule has 2 unspecified atom stereocenters. The molecule has 1 aromatic carbocycles. The van der Waals surface area contributed by atoms with E-state index in [4.69, 9.17) is 4.84 Å². The molecule has 2 aliphatic rings. The Labute approximate surface area is 168 Å². The van der Waals surface area contributed by atoms with E-state index in [1.54, 1.807) is 4.90 Å². The number of oxime groups is 1. The number of nitrogens with zero attached hydrogens (tertiary/aromatic N) is 2. The Morgan fingerprint density at radius 2 is 2.14 bits per heavy atom. The molecule has 0 radical (unpaired) electrons. The van der Waals surface area contributed by atoms with E-state index in [9.17, 15) is 9.59 Å². The molecule has 0 saturated carbocycles. The molecule has 2 aromatic rings. The second kappa shape index (κ2) is 7.75. The zero-order valence-electron chi connectivity index (χ0n) is 15.8. The van der Waals surface area contributed by atoms with E-state index < -0.39 is 5.60 Å². The summed E-state index contributed by atoms with van der Waals surface area (Å²) >= 11 is 1.51. The molecule has 2 amide bonds. The van der Waals surface area contributed by atoms with Crippen LogP contribution in [0.15, 0.2) is 52.3 Å². The maximum Gasteiger partial charge on any atom is 0.269 e. The van der Waals surface area contributed by atoms with E-state index >= 15 is 0 Å². The number of hydrogen-bond acceptors (Lipinski definition) is 5. The topological polar surface area (TPSA) is 71.0 Å². The van der Waals surface area contributed by atoms with Gasteiger partial charge in [0.1, 0.15) is 5.71 Å². The molecule has 1 N–H and O–H groups in total. The van der Waals surface area contributed by atoms with Crippen molar-refractivity contribution in [1.82, 2.24) is 10.2 Å². The lowest BCUT2D eigenvalue weighted by molar-refractivity contribution is -0.115. The van der Waals surface area contributed by atoms with Crippen LogP contribution in [-0.2, 0) is 9.63 Å². The minimum atomic E-state index is -0.566. The molecule has 1 saturated heterocycles. The Morgan fingerprint density at radius 3 is 2.89 bits per heavy atom. The van der Waals surface area contributed by atoms with Gasteiger partial charge in [-0.2, -0.15) is 11.3 Å². The van der Waals surface area contributed by atoms with Crippen molar-refractivity contribution in [2.24, 2.45) is 5.16 Å². The summed E-state index contributed by atoms with van der Waals surface area (Å²) in [6.45, 7) is 3.69. The first kappa shape index (κ1) is 18.7. The Hall–Kier alpha value is -2.67. The van der Waals surface area contributed by atoms with E-state index in [2.05, 4.69) is 29.5 Å². The lowest BCUT2D eigenvalue weighted by Crippen LogP contribution is -2.39. The van der Waals surface area contributed by atoms with Crippen LogP contribution >= 0.6 is 11.3 Å². The van der Waals surface area contributed by atoms with Gasteiger partial charge in [0.15, 0.2) is 5.60 Å². The Balaban J connectivity index is 1.30. The lowest BCUT2D eigenvalue weighted by atomic mass is 9.96. The summed E-state index contributed by atoms with van der Waals surface area (Å²) in [4.78, 5) is 32.5. The minimum Gasteiger partial charge on any atom is -0.386 e. The fourth-order valence-electron chi connectivity index (χ4n) is 3.70. The van der Waals surface area contributed by atoms with E-state index in [-0.39, 0.29) is 17.7 Å². The zero-order chi connectivity index (χ0) is 19.6. The van der Waals surface area contributed by atoms with E-state index in [1.807, 2.05) is 35.0 Å². The summed E-state index contributed by atoms with van der Waals surface area (Å²) in [5.41, 5.74) is 1.73. The highest BCUT2D eigenvalue weighted by Crippen LogP contribution is 2.34. The number of rotatable bonds is 5. The van der Waals surface area contributed by atoms with Crippen molar-refractivity contribution in [3.8, 4) is 0 Å². The Kier molecular flexibility index (Phi) is 5.17. The number of amides is 2. The van der Waals surface area contributed by atoms with Gasteiger partial charge in [-0.3, -0.25) is 9.59 Å². The van der Waals surface area contributed by atoms with Crippen LogP contribution in [-0.4, -0.2) is 47.7 Å². The monoisotopic (exact) mass is 397 g/mol. The molecule has 2 aliphatic heterocycles. The van der Waals surface area contributed by atoms with Gasteiger partial charge < -0.3 is 15.1 Å². The Morgan fingerprint density at radius 1 is 1.32 bits per heavy atom. The van der Waals surface area contributed by atoms with Crippen LogP contribution in [0.1, 0.15) is 41.6 Å². The van der Waals surface area contributed by atoms with Gasteiger partial charge in [0.05, 0.1) is 12.1 Å². The van der Waals surface area contributed by atoms with Crippen LogP contribution in [0.3, 0.4) is 0 Å². The van der Waals surface area contributed by atoms with Crippen LogP contribution in [0, 0.1) is 0 Å². The first-order chi connectivity index (χ1) is 13.6. The van der Waals surface area contributed by atoms with Crippen molar-refractivity contribution in [2.45, 2.75) is 31.3 Å². The molecule has 3 heterocycles. The van der Waals surface area contributed by atoms with Crippen LogP contribution in [0.2, 0.25) is 0 Å². The predicted molar refractivity (Wildman–Crippen MR) is 109 cm³/mol. The number of carbonyl (C=O) groups is 2. The molecular formula is C21H23N3O3S. The van der Waals surface area contributed by atoms with Crippen LogP contribution < -0.4 is 5.32 Å². The predicted octanol–water partition coefficient (Wildman–Crippen LogP) is 3.03. The number of thiophene rings is 1. The van der Waals surface area contributed by atoms with E-state index in [1.165, 1.54) is 16.9 Å². The van der Waals surface area contributed by atoms with Gasteiger partial charge in [-0.25, -0.2) is 0 Å². The molecule has 1 aromatic heterocycles. The second-order valence-electron chi connectivity index (χ2n) is 7.50. The third kappa shape index (κ3) is 3.80. The number of likely N-dealkylation sites (tertiary alicyclic amines) is 1. The molecule has 1 spiro atoms. The summed E-state index contributed by atoms with van der Waals surface area (Å²) in [5, 5.41) is 10.8. The summed E-state index contributed by atoms with van der Waals surface area (Å²) < 4.78 is 0. The van der Waals surface area contributed by atoms with E-state index in [0.717, 1.165) is 0 Å². The summed E-state index contributed by atoms with van der Waals surface area (Å²) in [6, 6.07) is 11.9. The Bertz CT molecular complexity index is 882. The summed E-state index contributed by atoms with van der Waals surface area (Å²) in [5.74, 6) is 0.0332. The van der Waals surface area contributed by atoms with Gasteiger partial charge in [-0.1, -0.05) is 42.4 Å². The average Bonchev–Trinajstić information content (AvgIpc) is 3.48. The molecule has 2 atom stereocenters. The normalized spacial score (nSPS) is 22.0. The molecular weight excluding hydrogens is 374 g/mol. The van der Waals surface area contributed by atoms with Crippen LogP contribution in [0.4, 0.5) is 0 Å². The van der Waals surface area contributed by atoms with Gasteiger partial charge in [0.2, 0.25) is 0 Å². The van der Waals surface area contributed by atoms with Gasteiger partial charge in [0.25, 0.3) is 11.8 Å². The first-order valence-electron chi connectivity index (χ1n) is 9.46. The highest BCUT2D eigenvalue weighted by atomic mass is 32.1. The number of hydrogen-bond donors (Lipinski definition) is 1. The molecule has 7 heteroatoms. The van der Waals surface area contributed by atoms with Gasteiger partial charge in [-0.05, 0) is 22.9 Å². The second-order valence-corrected chi connectivity index (χ2v) is 8.28. The highest BCUT2D eigenvalue weighted by molar-refractivity contribution is 7.08. The number of carbonyl (C=O) groups excluding carboxylic acids is 2. The summed E-state index contributed by atoms with van der Waals surface area (Å²) in [7, 11) is 0. The molecule has 146 valence electrons. The molecule has 0 bridgehead atoms. The van der Waals surface area contributed by atoms with Crippen molar-refractivity contribution in [1.29, 1.82) is 0 Å². The molecule has 6 nitrogen and oxygen atoms in total. The first-order valence-corrected chi connectivity index (χ1v) is 10.4. The smallest absolute Gasteiger partial charge is 0.269 e. The minimum absolute atomic E-state index is 0.0105. The van der Waals surface area contributed by atoms with Crippen molar-refractivity contribution in [2.75, 3.05) is 19.6 Å². The quantitative estimate of drug-likeness (QED) is 0.843.